The fourth-order valence-corrected chi connectivity index (χ4v) is 5.86. The van der Waals surface area contributed by atoms with E-state index in [2.05, 4.69) is 34.0 Å². The van der Waals surface area contributed by atoms with Gasteiger partial charge in [-0.15, -0.1) is 0 Å². The predicted molar refractivity (Wildman–Crippen MR) is 157 cm³/mol. The predicted octanol–water partition coefficient (Wildman–Crippen LogP) is 6.51. The number of halogens is 2. The molecule has 2 aliphatic rings. The van der Waals surface area contributed by atoms with Crippen molar-refractivity contribution in [3.63, 3.8) is 0 Å². The number of rotatable bonds is 11. The van der Waals surface area contributed by atoms with Gasteiger partial charge >= 0.3 is 5.97 Å². The summed E-state index contributed by atoms with van der Waals surface area (Å²) in [4.78, 5) is 27.3. The summed E-state index contributed by atoms with van der Waals surface area (Å²) in [6.45, 7) is 4.88. The number of carbonyl (C=O) groups excluding carboxylic acids is 2. The molecular formula is C34H38F2N2O4. The molecule has 0 aromatic heterocycles. The van der Waals surface area contributed by atoms with Crippen LogP contribution in [0.2, 0.25) is 0 Å². The zero-order valence-corrected chi connectivity index (χ0v) is 24.2. The Morgan fingerprint density at radius 3 is 2.57 bits per heavy atom. The Labute approximate surface area is 246 Å². The molecule has 8 heteroatoms. The molecule has 1 N–H and O–H groups in total. The van der Waals surface area contributed by atoms with Crippen LogP contribution in [0.15, 0.2) is 60.7 Å². The molecule has 0 spiro atoms. The number of benzene rings is 3. The number of carbonyl (C=O) groups is 2. The maximum Gasteiger partial charge on any atom is 0.341 e. The van der Waals surface area contributed by atoms with Gasteiger partial charge in [0.2, 0.25) is 5.91 Å². The molecule has 3 aromatic carbocycles. The molecule has 1 aliphatic heterocycles. The summed E-state index contributed by atoms with van der Waals surface area (Å²) in [7, 11) is 1.16. The van der Waals surface area contributed by atoms with E-state index in [4.69, 9.17) is 4.74 Å². The van der Waals surface area contributed by atoms with Crippen molar-refractivity contribution in [2.75, 3.05) is 20.3 Å². The Morgan fingerprint density at radius 1 is 1.02 bits per heavy atom. The highest BCUT2D eigenvalue weighted by Gasteiger charge is 2.43. The summed E-state index contributed by atoms with van der Waals surface area (Å²) in [5, 5.41) is 2.82. The Kier molecular flexibility index (Phi) is 9.52. The van der Waals surface area contributed by atoms with Crippen LogP contribution in [0.3, 0.4) is 0 Å². The lowest BCUT2D eigenvalue weighted by molar-refractivity contribution is -0.122. The highest BCUT2D eigenvalue weighted by atomic mass is 19.1. The molecule has 5 rings (SSSR count). The molecule has 6 nitrogen and oxygen atoms in total. The summed E-state index contributed by atoms with van der Waals surface area (Å²) in [5.41, 5.74) is 1.91. The van der Waals surface area contributed by atoms with Crippen LogP contribution >= 0.6 is 0 Å². The second-order valence-electron chi connectivity index (χ2n) is 11.3. The lowest BCUT2D eigenvalue weighted by Gasteiger charge is -2.35. The maximum atomic E-state index is 14.9. The van der Waals surface area contributed by atoms with Crippen molar-refractivity contribution in [2.45, 2.75) is 58.2 Å². The van der Waals surface area contributed by atoms with Crippen LogP contribution in [0.4, 0.5) is 8.78 Å². The number of hydrogen-bond donors (Lipinski definition) is 1. The molecule has 1 saturated heterocycles. The Morgan fingerprint density at radius 2 is 1.83 bits per heavy atom. The lowest BCUT2D eigenvalue weighted by Crippen LogP contribution is -2.38. The van der Waals surface area contributed by atoms with Gasteiger partial charge < -0.3 is 14.8 Å². The second-order valence-corrected chi connectivity index (χ2v) is 11.3. The standard InChI is InChI=1S/C34H38F2N2O4/c1-3-26-7-4-5-16-38(26)20-22-10-14-27(15-11-22)42-21-25-17-29(25)33(39)37-19-24-13-12-23(18-31(24)36)28-8-6-9-30(35)32(28)34(40)41-2/h6,8-15,18,25-26,29H,3-5,7,16-17,19-21H2,1-2H3,(H,37,39). The molecule has 222 valence electrons. The fraction of sp³-hybridized carbons (Fsp3) is 0.412. The molecule has 0 radical (unpaired) electrons. The van der Waals surface area contributed by atoms with Crippen molar-refractivity contribution < 1.29 is 27.8 Å². The van der Waals surface area contributed by atoms with E-state index in [1.54, 1.807) is 6.07 Å². The minimum Gasteiger partial charge on any atom is -0.493 e. The molecule has 3 aromatic rings. The molecule has 0 bridgehead atoms. The Balaban J connectivity index is 1.09. The van der Waals surface area contributed by atoms with Crippen LogP contribution in [-0.2, 0) is 22.6 Å². The zero-order valence-electron chi connectivity index (χ0n) is 24.2. The van der Waals surface area contributed by atoms with Crippen molar-refractivity contribution in [3.8, 4) is 16.9 Å². The summed E-state index contributed by atoms with van der Waals surface area (Å²) in [6, 6.07) is 17.4. The van der Waals surface area contributed by atoms with E-state index in [9.17, 15) is 18.4 Å². The first-order valence-electron chi connectivity index (χ1n) is 14.8. The SMILES string of the molecule is CCC1CCCCN1Cc1ccc(OCC2CC2C(=O)NCc2ccc(-c3cccc(F)c3C(=O)OC)cc2F)cc1. The number of nitrogens with one attached hydrogen (secondary N) is 1. The maximum absolute atomic E-state index is 14.9. The summed E-state index contributed by atoms with van der Waals surface area (Å²) in [6.07, 6.45) is 5.79. The molecule has 1 saturated carbocycles. The lowest BCUT2D eigenvalue weighted by atomic mass is 9.98. The summed E-state index contributed by atoms with van der Waals surface area (Å²) >= 11 is 0. The van der Waals surface area contributed by atoms with Gasteiger partial charge in [0.25, 0.3) is 0 Å². The van der Waals surface area contributed by atoms with Gasteiger partial charge in [0.15, 0.2) is 0 Å². The first kappa shape index (κ1) is 29.7. The van der Waals surface area contributed by atoms with E-state index in [0.717, 1.165) is 38.4 Å². The van der Waals surface area contributed by atoms with E-state index in [1.165, 1.54) is 55.5 Å². The first-order chi connectivity index (χ1) is 20.4. The molecule has 42 heavy (non-hydrogen) atoms. The van der Waals surface area contributed by atoms with E-state index in [0.29, 0.717) is 23.8 Å². The van der Waals surface area contributed by atoms with Gasteiger partial charge in [0.05, 0.1) is 13.7 Å². The van der Waals surface area contributed by atoms with Gasteiger partial charge in [-0.1, -0.05) is 49.7 Å². The monoisotopic (exact) mass is 576 g/mol. The van der Waals surface area contributed by atoms with Gasteiger partial charge in [-0.25, -0.2) is 13.6 Å². The van der Waals surface area contributed by atoms with Crippen LogP contribution in [-0.4, -0.2) is 43.1 Å². The van der Waals surface area contributed by atoms with E-state index < -0.39 is 17.6 Å². The zero-order chi connectivity index (χ0) is 29.6. The van der Waals surface area contributed by atoms with Crippen LogP contribution in [0.25, 0.3) is 11.1 Å². The Bertz CT molecular complexity index is 1410. The van der Waals surface area contributed by atoms with E-state index in [1.807, 2.05) is 12.1 Å². The fourth-order valence-electron chi connectivity index (χ4n) is 5.86. The number of esters is 1. The minimum atomic E-state index is -0.835. The number of amides is 1. The van der Waals surface area contributed by atoms with Crippen LogP contribution in [0.5, 0.6) is 5.75 Å². The van der Waals surface area contributed by atoms with Gasteiger partial charge in [0.1, 0.15) is 22.9 Å². The third-order valence-electron chi connectivity index (χ3n) is 8.47. The highest BCUT2D eigenvalue weighted by Crippen LogP contribution is 2.39. The molecule has 3 unspecified atom stereocenters. The first-order valence-corrected chi connectivity index (χ1v) is 14.8. The number of nitrogens with zero attached hydrogens (tertiary/aromatic N) is 1. The molecule has 2 fully saturated rings. The highest BCUT2D eigenvalue weighted by molar-refractivity contribution is 5.97. The molecular weight excluding hydrogens is 538 g/mol. The largest absolute Gasteiger partial charge is 0.493 e. The second kappa shape index (κ2) is 13.5. The van der Waals surface area contributed by atoms with Crippen molar-refractivity contribution in [1.29, 1.82) is 0 Å². The van der Waals surface area contributed by atoms with Gasteiger partial charge in [-0.3, -0.25) is 9.69 Å². The van der Waals surface area contributed by atoms with Gasteiger partial charge in [-0.2, -0.15) is 0 Å². The third-order valence-corrected chi connectivity index (χ3v) is 8.47. The summed E-state index contributed by atoms with van der Waals surface area (Å²) < 4.78 is 39.9. The van der Waals surface area contributed by atoms with Gasteiger partial charge in [0, 0.05) is 36.5 Å². The smallest absolute Gasteiger partial charge is 0.341 e. The van der Waals surface area contributed by atoms with E-state index >= 15 is 0 Å². The number of hydrogen-bond acceptors (Lipinski definition) is 5. The molecule has 1 aliphatic carbocycles. The third kappa shape index (κ3) is 6.98. The Hall–Kier alpha value is -3.78. The van der Waals surface area contributed by atoms with Crippen molar-refractivity contribution >= 4 is 11.9 Å². The van der Waals surface area contributed by atoms with Crippen LogP contribution < -0.4 is 10.1 Å². The minimum absolute atomic E-state index is 0.0272. The number of methoxy groups -OCH3 is 1. The molecule has 1 amide bonds. The van der Waals surface area contributed by atoms with Crippen LogP contribution in [0.1, 0.15) is 60.5 Å². The van der Waals surface area contributed by atoms with Crippen molar-refractivity contribution in [3.05, 3.63) is 89.0 Å². The molecule has 3 atom stereocenters. The quantitative estimate of drug-likeness (QED) is 0.264. The average molecular weight is 577 g/mol. The number of likely N-dealkylation sites (tertiary alicyclic amines) is 1. The number of ether oxygens (including phenoxy) is 2. The van der Waals surface area contributed by atoms with Crippen LogP contribution in [0, 0.1) is 23.5 Å². The summed E-state index contributed by atoms with van der Waals surface area (Å²) in [5.74, 6) is -1.50. The van der Waals surface area contributed by atoms with E-state index in [-0.39, 0.29) is 35.4 Å². The topological polar surface area (TPSA) is 67.9 Å². The molecule has 1 heterocycles. The normalized spacial score (nSPS) is 20.1. The number of piperidine rings is 1. The van der Waals surface area contributed by atoms with Gasteiger partial charge in [-0.05, 0) is 73.2 Å². The van der Waals surface area contributed by atoms with Crippen molar-refractivity contribution in [2.24, 2.45) is 11.8 Å². The van der Waals surface area contributed by atoms with Crippen molar-refractivity contribution in [1.82, 2.24) is 10.2 Å². The average Bonchev–Trinajstić information content (AvgIpc) is 3.79.